The zero-order valence-corrected chi connectivity index (χ0v) is 13.8. The highest BCUT2D eigenvalue weighted by molar-refractivity contribution is 5.93. The highest BCUT2D eigenvalue weighted by Crippen LogP contribution is 2.22. The molecule has 2 aromatic rings. The van der Waals surface area contributed by atoms with Gasteiger partial charge in [0.25, 0.3) is 5.69 Å². The topological polar surface area (TPSA) is 113 Å². The molecule has 0 heterocycles. The first-order valence-corrected chi connectivity index (χ1v) is 7.99. The number of hydrogen-bond donors (Lipinski definition) is 1. The molecule has 1 amide bonds. The molecule has 2 aromatic carbocycles. The van der Waals surface area contributed by atoms with Crippen molar-refractivity contribution in [2.45, 2.75) is 19.4 Å². The standard InChI is InChI=1S/C19H16N2O5/c20-18(22)16-7-12(8-17(10-16)21(24)25)11-26-19(23)15-6-5-13-3-1-2-4-14(13)9-15/h1,3,5-10H,2,4,11H2,(H2,20,22). The fraction of sp³-hybridized carbons (Fsp3) is 0.158. The van der Waals surface area contributed by atoms with E-state index in [1.54, 1.807) is 12.1 Å². The number of nitrogens with zero attached hydrogens (tertiary/aromatic N) is 1. The fourth-order valence-electron chi connectivity index (χ4n) is 2.80. The first-order valence-electron chi connectivity index (χ1n) is 7.99. The fourth-order valence-corrected chi connectivity index (χ4v) is 2.80. The Balaban J connectivity index is 1.76. The summed E-state index contributed by atoms with van der Waals surface area (Å²) in [5.41, 5.74) is 7.79. The molecule has 0 saturated carbocycles. The number of esters is 1. The molecule has 0 radical (unpaired) electrons. The van der Waals surface area contributed by atoms with Crippen molar-refractivity contribution in [3.05, 3.63) is 80.4 Å². The van der Waals surface area contributed by atoms with Gasteiger partial charge in [0.15, 0.2) is 0 Å². The maximum absolute atomic E-state index is 12.3. The molecule has 7 heteroatoms. The maximum atomic E-state index is 12.3. The van der Waals surface area contributed by atoms with Crippen LogP contribution >= 0.6 is 0 Å². The van der Waals surface area contributed by atoms with Gasteiger partial charge in [-0.05, 0) is 47.7 Å². The van der Waals surface area contributed by atoms with Gasteiger partial charge >= 0.3 is 5.97 Å². The van der Waals surface area contributed by atoms with Gasteiger partial charge in [-0.1, -0.05) is 18.2 Å². The van der Waals surface area contributed by atoms with Crippen molar-refractivity contribution < 1.29 is 19.2 Å². The summed E-state index contributed by atoms with van der Waals surface area (Å²) in [6.07, 6.45) is 5.89. The lowest BCUT2D eigenvalue weighted by Gasteiger charge is -2.12. The molecule has 0 atom stereocenters. The molecule has 26 heavy (non-hydrogen) atoms. The predicted molar refractivity (Wildman–Crippen MR) is 94.5 cm³/mol. The molecule has 0 aliphatic heterocycles. The van der Waals surface area contributed by atoms with Gasteiger partial charge in [-0.25, -0.2) is 4.79 Å². The Hall–Kier alpha value is -3.48. The van der Waals surface area contributed by atoms with E-state index in [2.05, 4.69) is 6.08 Å². The lowest BCUT2D eigenvalue weighted by molar-refractivity contribution is -0.385. The van der Waals surface area contributed by atoms with Crippen LogP contribution in [0, 0.1) is 10.1 Å². The van der Waals surface area contributed by atoms with E-state index in [4.69, 9.17) is 10.5 Å². The smallest absolute Gasteiger partial charge is 0.338 e. The zero-order valence-electron chi connectivity index (χ0n) is 13.8. The molecular formula is C19H16N2O5. The van der Waals surface area contributed by atoms with Crippen LogP contribution in [0.25, 0.3) is 6.08 Å². The van der Waals surface area contributed by atoms with E-state index in [1.807, 2.05) is 12.1 Å². The number of non-ortho nitro benzene ring substituents is 1. The largest absolute Gasteiger partial charge is 0.457 e. The molecule has 0 unspecified atom stereocenters. The van der Waals surface area contributed by atoms with E-state index in [0.717, 1.165) is 30.0 Å². The average molecular weight is 352 g/mol. The number of primary amides is 1. The van der Waals surface area contributed by atoms with Gasteiger partial charge in [0.05, 0.1) is 10.5 Å². The number of carbonyl (C=O) groups is 2. The minimum atomic E-state index is -0.788. The zero-order chi connectivity index (χ0) is 18.7. The van der Waals surface area contributed by atoms with Gasteiger partial charge in [-0.2, -0.15) is 0 Å². The minimum absolute atomic E-state index is 0.00850. The van der Waals surface area contributed by atoms with Gasteiger partial charge in [0.2, 0.25) is 5.91 Å². The number of nitrogens with two attached hydrogens (primary N) is 1. The van der Waals surface area contributed by atoms with Crippen LogP contribution in [-0.4, -0.2) is 16.8 Å². The van der Waals surface area contributed by atoms with E-state index >= 15 is 0 Å². The van der Waals surface area contributed by atoms with Crippen molar-refractivity contribution in [1.29, 1.82) is 0 Å². The van der Waals surface area contributed by atoms with Crippen molar-refractivity contribution in [3.63, 3.8) is 0 Å². The lowest BCUT2D eigenvalue weighted by atomic mass is 9.95. The summed E-state index contributed by atoms with van der Waals surface area (Å²) in [7, 11) is 0. The van der Waals surface area contributed by atoms with E-state index in [1.165, 1.54) is 12.1 Å². The summed E-state index contributed by atoms with van der Waals surface area (Å²) in [6, 6.07) is 9.05. The van der Waals surface area contributed by atoms with Crippen LogP contribution in [0.2, 0.25) is 0 Å². The number of amides is 1. The van der Waals surface area contributed by atoms with Crippen LogP contribution < -0.4 is 5.73 Å². The van der Waals surface area contributed by atoms with Crippen LogP contribution in [-0.2, 0) is 17.8 Å². The number of aryl methyl sites for hydroxylation is 1. The van der Waals surface area contributed by atoms with Crippen molar-refractivity contribution >= 4 is 23.6 Å². The molecule has 1 aliphatic rings. The number of nitro groups is 1. The number of fused-ring (bicyclic) bond motifs is 1. The number of allylic oxidation sites excluding steroid dienone is 1. The third-order valence-corrected chi connectivity index (χ3v) is 4.10. The van der Waals surface area contributed by atoms with Crippen molar-refractivity contribution in [1.82, 2.24) is 0 Å². The number of rotatable bonds is 5. The summed E-state index contributed by atoms with van der Waals surface area (Å²) >= 11 is 0. The van der Waals surface area contributed by atoms with Crippen molar-refractivity contribution in [2.75, 3.05) is 0 Å². The summed E-state index contributed by atoms with van der Waals surface area (Å²) < 4.78 is 5.24. The van der Waals surface area contributed by atoms with Gasteiger partial charge in [0, 0.05) is 17.7 Å². The molecule has 0 aromatic heterocycles. The Kier molecular flexibility index (Phi) is 4.79. The monoisotopic (exact) mass is 352 g/mol. The van der Waals surface area contributed by atoms with Crippen LogP contribution in [0.3, 0.4) is 0 Å². The molecular weight excluding hydrogens is 336 g/mol. The highest BCUT2D eigenvalue weighted by Gasteiger charge is 2.15. The highest BCUT2D eigenvalue weighted by atomic mass is 16.6. The van der Waals surface area contributed by atoms with Gasteiger partial charge in [0.1, 0.15) is 6.61 Å². The van der Waals surface area contributed by atoms with E-state index in [-0.39, 0.29) is 17.9 Å². The third-order valence-electron chi connectivity index (χ3n) is 4.10. The maximum Gasteiger partial charge on any atom is 0.338 e. The molecule has 1 aliphatic carbocycles. The van der Waals surface area contributed by atoms with Crippen LogP contribution in [0.5, 0.6) is 0 Å². The molecule has 0 saturated heterocycles. The molecule has 0 spiro atoms. The molecule has 7 nitrogen and oxygen atoms in total. The Morgan fingerprint density at radius 3 is 2.69 bits per heavy atom. The van der Waals surface area contributed by atoms with Crippen LogP contribution in [0.1, 0.15) is 43.8 Å². The lowest BCUT2D eigenvalue weighted by Crippen LogP contribution is -2.12. The van der Waals surface area contributed by atoms with Crippen molar-refractivity contribution in [3.8, 4) is 0 Å². The predicted octanol–water partition coefficient (Wildman–Crippen LogP) is 3.01. The summed E-state index contributed by atoms with van der Waals surface area (Å²) in [5, 5.41) is 11.0. The Morgan fingerprint density at radius 1 is 1.15 bits per heavy atom. The Labute approximate surface area is 149 Å². The number of hydrogen-bond acceptors (Lipinski definition) is 5. The molecule has 0 fully saturated rings. The second-order valence-electron chi connectivity index (χ2n) is 5.94. The first kappa shape index (κ1) is 17.3. The second-order valence-corrected chi connectivity index (χ2v) is 5.94. The first-order chi connectivity index (χ1) is 12.4. The summed E-state index contributed by atoms with van der Waals surface area (Å²) in [6.45, 7) is -0.197. The second kappa shape index (κ2) is 7.18. The average Bonchev–Trinajstić information content (AvgIpc) is 2.65. The Bertz CT molecular complexity index is 901. The number of nitro benzene ring substituents is 1. The van der Waals surface area contributed by atoms with E-state index in [0.29, 0.717) is 11.1 Å². The number of carbonyl (C=O) groups excluding carboxylic acids is 2. The number of ether oxygens (including phenoxy) is 1. The number of benzene rings is 2. The van der Waals surface area contributed by atoms with Gasteiger partial charge in [-0.15, -0.1) is 0 Å². The van der Waals surface area contributed by atoms with E-state index in [9.17, 15) is 19.7 Å². The molecule has 0 bridgehead atoms. The summed E-state index contributed by atoms with van der Waals surface area (Å²) in [5.74, 6) is -1.32. The Morgan fingerprint density at radius 2 is 1.96 bits per heavy atom. The SMILES string of the molecule is NC(=O)c1cc(COC(=O)c2ccc3c(c2)CCC=C3)cc([N+](=O)[O-])c1. The van der Waals surface area contributed by atoms with Crippen molar-refractivity contribution in [2.24, 2.45) is 5.73 Å². The summed E-state index contributed by atoms with van der Waals surface area (Å²) in [4.78, 5) is 33.9. The normalized spacial score (nSPS) is 12.3. The molecule has 132 valence electrons. The molecule has 2 N–H and O–H groups in total. The quantitative estimate of drug-likeness (QED) is 0.505. The van der Waals surface area contributed by atoms with Crippen LogP contribution in [0.15, 0.2) is 42.5 Å². The van der Waals surface area contributed by atoms with Crippen LogP contribution in [0.4, 0.5) is 5.69 Å². The van der Waals surface area contributed by atoms with Gasteiger partial charge in [-0.3, -0.25) is 14.9 Å². The van der Waals surface area contributed by atoms with E-state index < -0.39 is 16.8 Å². The third kappa shape index (κ3) is 3.77. The minimum Gasteiger partial charge on any atom is -0.457 e. The van der Waals surface area contributed by atoms with Gasteiger partial charge < -0.3 is 10.5 Å². The molecule has 3 rings (SSSR count).